The van der Waals surface area contributed by atoms with E-state index in [0.717, 1.165) is 58.2 Å². The van der Waals surface area contributed by atoms with Crippen LogP contribution in [-0.4, -0.2) is 55.7 Å². The lowest BCUT2D eigenvalue weighted by molar-refractivity contribution is 0.0917. The number of carbonyl (C=O) groups is 1. The van der Waals surface area contributed by atoms with E-state index in [1.807, 2.05) is 50.2 Å². The van der Waals surface area contributed by atoms with Gasteiger partial charge in [0.15, 0.2) is 0 Å². The summed E-state index contributed by atoms with van der Waals surface area (Å²) in [6.45, 7) is 6.72. The van der Waals surface area contributed by atoms with E-state index in [1.165, 1.54) is 0 Å². The molecule has 1 aromatic heterocycles. The van der Waals surface area contributed by atoms with Crippen molar-refractivity contribution in [3.8, 4) is 5.75 Å². The monoisotopic (exact) mass is 496 g/mol. The van der Waals surface area contributed by atoms with Crippen LogP contribution in [0.25, 0.3) is 0 Å². The van der Waals surface area contributed by atoms with Crippen LogP contribution >= 0.6 is 12.6 Å². The van der Waals surface area contributed by atoms with E-state index in [1.54, 1.807) is 14.2 Å². The molecule has 0 fully saturated rings. The van der Waals surface area contributed by atoms with Crippen molar-refractivity contribution in [3.05, 3.63) is 70.4 Å². The minimum absolute atomic E-state index is 0.0130. The van der Waals surface area contributed by atoms with E-state index < -0.39 is 0 Å². The number of nitrogens with zero attached hydrogens (tertiary/aromatic N) is 3. The van der Waals surface area contributed by atoms with Gasteiger partial charge < -0.3 is 25.1 Å². The third-order valence-corrected chi connectivity index (χ3v) is 6.00. The molecule has 3 N–H and O–H groups in total. The quantitative estimate of drug-likeness (QED) is 0.355. The van der Waals surface area contributed by atoms with Crippen LogP contribution in [-0.2, 0) is 13.0 Å². The molecule has 0 spiro atoms. The molecular formula is C25H32N6O3S. The van der Waals surface area contributed by atoms with E-state index in [-0.39, 0.29) is 11.8 Å². The highest BCUT2D eigenvalue weighted by molar-refractivity contribution is 7.80. The van der Waals surface area contributed by atoms with Gasteiger partial charge in [0.25, 0.3) is 0 Å². The van der Waals surface area contributed by atoms with Gasteiger partial charge in [0.2, 0.25) is 5.89 Å². The number of aliphatic imine (C=N–C) groups is 1. The molecular weight excluding hydrogens is 464 g/mol. The van der Waals surface area contributed by atoms with Gasteiger partial charge in [-0.05, 0) is 56.1 Å². The zero-order valence-corrected chi connectivity index (χ0v) is 21.4. The molecule has 0 saturated heterocycles. The first kappa shape index (κ1) is 26.2. The molecule has 0 unspecified atom stereocenters. The summed E-state index contributed by atoms with van der Waals surface area (Å²) in [6.07, 6.45) is 0.726. The number of hydrogen-bond donors (Lipinski definition) is 4. The molecule has 0 bridgehead atoms. The highest BCUT2D eigenvalue weighted by Crippen LogP contribution is 2.23. The fourth-order valence-corrected chi connectivity index (χ4v) is 3.55. The molecule has 0 radical (unpaired) electrons. The third kappa shape index (κ3) is 7.56. The van der Waals surface area contributed by atoms with Crippen LogP contribution in [0.15, 0.2) is 50.7 Å². The Kier molecular flexibility index (Phi) is 9.68. The summed E-state index contributed by atoms with van der Waals surface area (Å²) < 4.78 is 10.3. The number of aromatic nitrogens is 2. The third-order valence-electron chi connectivity index (χ3n) is 5.29. The predicted octanol–water partition coefficient (Wildman–Crippen LogP) is 2.71. The first-order valence-electron chi connectivity index (χ1n) is 11.4. The molecule has 0 aliphatic carbocycles. The second-order valence-corrected chi connectivity index (χ2v) is 8.45. The predicted molar refractivity (Wildman–Crippen MR) is 139 cm³/mol. The molecule has 10 heteroatoms. The zero-order chi connectivity index (χ0) is 25.2. The number of benzene rings is 2. The second kappa shape index (κ2) is 12.9. The number of ether oxygens (including phenoxy) is 1. The molecule has 4 rings (SSSR count). The number of methoxy groups -OCH3 is 1. The molecule has 2 heterocycles. The molecule has 9 nitrogen and oxygen atoms in total. The highest BCUT2D eigenvalue weighted by Gasteiger charge is 2.14. The summed E-state index contributed by atoms with van der Waals surface area (Å²) in [6, 6.07) is 12.1. The van der Waals surface area contributed by atoms with Crippen LogP contribution < -0.4 is 20.7 Å². The molecule has 35 heavy (non-hydrogen) atoms. The Morgan fingerprint density at radius 3 is 2.49 bits per heavy atom. The SMILES string of the molecule is CNCc1nnc(C(=O)NCCc2ccc(C3=NCCN3)cc2)o1.COc1cc(C)c(S)c(C)c1. The maximum absolute atomic E-state index is 11.9. The normalized spacial score (nSPS) is 12.3. The summed E-state index contributed by atoms with van der Waals surface area (Å²) in [4.78, 5) is 17.4. The summed E-state index contributed by atoms with van der Waals surface area (Å²) >= 11 is 4.34. The molecule has 3 aromatic rings. The van der Waals surface area contributed by atoms with Gasteiger partial charge in [-0.15, -0.1) is 22.8 Å². The lowest BCUT2D eigenvalue weighted by Crippen LogP contribution is -2.26. The van der Waals surface area contributed by atoms with Gasteiger partial charge >= 0.3 is 11.8 Å². The first-order valence-corrected chi connectivity index (χ1v) is 11.8. The lowest BCUT2D eigenvalue weighted by Gasteiger charge is -2.06. The van der Waals surface area contributed by atoms with Gasteiger partial charge in [0.1, 0.15) is 11.6 Å². The van der Waals surface area contributed by atoms with Crippen molar-refractivity contribution in [2.45, 2.75) is 31.7 Å². The Morgan fingerprint density at radius 2 is 1.89 bits per heavy atom. The Balaban J connectivity index is 0.000000261. The van der Waals surface area contributed by atoms with Gasteiger partial charge in [-0.2, -0.15) is 0 Å². The number of amidine groups is 1. The van der Waals surface area contributed by atoms with Gasteiger partial charge in [0.05, 0.1) is 20.2 Å². The maximum atomic E-state index is 11.9. The Bertz CT molecular complexity index is 1140. The van der Waals surface area contributed by atoms with Crippen LogP contribution in [0.5, 0.6) is 5.75 Å². The molecule has 0 saturated carbocycles. The van der Waals surface area contributed by atoms with E-state index in [9.17, 15) is 4.79 Å². The molecule has 0 atom stereocenters. The maximum Gasteiger partial charge on any atom is 0.308 e. The summed E-state index contributed by atoms with van der Waals surface area (Å²) in [5, 5.41) is 16.4. The van der Waals surface area contributed by atoms with Crippen molar-refractivity contribution in [2.75, 3.05) is 33.8 Å². The smallest absolute Gasteiger partial charge is 0.308 e. The topological polar surface area (TPSA) is 114 Å². The van der Waals surface area contributed by atoms with Gasteiger partial charge in [0, 0.05) is 23.5 Å². The van der Waals surface area contributed by atoms with E-state index in [2.05, 4.69) is 43.8 Å². The van der Waals surface area contributed by atoms with Gasteiger partial charge in [-0.25, -0.2) is 0 Å². The van der Waals surface area contributed by atoms with Crippen molar-refractivity contribution in [1.29, 1.82) is 0 Å². The number of nitrogens with one attached hydrogen (secondary N) is 3. The lowest BCUT2D eigenvalue weighted by atomic mass is 10.1. The molecule has 1 aliphatic heterocycles. The molecule has 1 aliphatic rings. The minimum Gasteiger partial charge on any atom is -0.497 e. The van der Waals surface area contributed by atoms with Crippen LogP contribution in [0.3, 0.4) is 0 Å². The number of thiol groups is 1. The van der Waals surface area contributed by atoms with Crippen LogP contribution in [0.2, 0.25) is 0 Å². The molecule has 1 amide bonds. The fraction of sp³-hybridized carbons (Fsp3) is 0.360. The number of aryl methyl sites for hydroxylation is 2. The summed E-state index contributed by atoms with van der Waals surface area (Å²) in [5.41, 5.74) is 4.54. The van der Waals surface area contributed by atoms with E-state index in [0.29, 0.717) is 19.0 Å². The largest absolute Gasteiger partial charge is 0.497 e. The zero-order valence-electron chi connectivity index (χ0n) is 20.5. The first-order chi connectivity index (χ1) is 16.9. The van der Waals surface area contributed by atoms with Crippen LogP contribution in [0.4, 0.5) is 0 Å². The summed E-state index contributed by atoms with van der Waals surface area (Å²) in [5.74, 6) is 1.87. The summed E-state index contributed by atoms with van der Waals surface area (Å²) in [7, 11) is 3.44. The Hall–Kier alpha value is -3.37. The van der Waals surface area contributed by atoms with Crippen LogP contribution in [0.1, 0.15) is 38.8 Å². The second-order valence-electron chi connectivity index (χ2n) is 8.00. The Labute approximate surface area is 211 Å². The van der Waals surface area contributed by atoms with E-state index >= 15 is 0 Å². The van der Waals surface area contributed by atoms with Gasteiger partial charge in [-0.3, -0.25) is 9.79 Å². The average molecular weight is 497 g/mol. The van der Waals surface area contributed by atoms with Crippen LogP contribution in [0, 0.1) is 13.8 Å². The number of amides is 1. The number of hydrogen-bond acceptors (Lipinski definition) is 9. The van der Waals surface area contributed by atoms with Gasteiger partial charge in [-0.1, -0.05) is 24.3 Å². The standard InChI is InChI=1S/C16H20N6O2.C9H12OS/c1-17-10-13-21-22-16(24-13)15(23)20-7-6-11-2-4-12(5-3-11)14-18-8-9-19-14;1-6-4-8(10-3)5-7(2)9(6)11/h2-5,17H,6-10H2,1H3,(H,18,19)(H,20,23);4-5,11H,1-3H3. The van der Waals surface area contributed by atoms with Crippen molar-refractivity contribution in [3.63, 3.8) is 0 Å². The highest BCUT2D eigenvalue weighted by atomic mass is 32.1. The minimum atomic E-state index is -0.356. The van der Waals surface area contributed by atoms with Crippen molar-refractivity contribution in [2.24, 2.45) is 4.99 Å². The van der Waals surface area contributed by atoms with Crippen molar-refractivity contribution >= 4 is 24.4 Å². The Morgan fingerprint density at radius 1 is 1.17 bits per heavy atom. The van der Waals surface area contributed by atoms with Crippen molar-refractivity contribution < 1.29 is 13.9 Å². The average Bonchev–Trinajstić information content (AvgIpc) is 3.56. The van der Waals surface area contributed by atoms with E-state index in [4.69, 9.17) is 9.15 Å². The molecule has 186 valence electrons. The fourth-order valence-electron chi connectivity index (χ4n) is 3.42. The number of carbonyl (C=O) groups excluding carboxylic acids is 1. The molecule has 2 aromatic carbocycles. The number of rotatable bonds is 8. The van der Waals surface area contributed by atoms with Crippen molar-refractivity contribution in [1.82, 2.24) is 26.1 Å².